The van der Waals surface area contributed by atoms with Crippen molar-refractivity contribution >= 4 is 29.9 Å². The molecule has 1 N–H and O–H groups in total. The highest BCUT2D eigenvalue weighted by Gasteiger charge is 2.42. The van der Waals surface area contributed by atoms with E-state index in [4.69, 9.17) is 8.92 Å². The Morgan fingerprint density at radius 2 is 1.82 bits per heavy atom. The highest BCUT2D eigenvalue weighted by atomic mass is 32.2. The second-order valence-corrected chi connectivity index (χ2v) is 8.83. The number of rotatable bonds is 9. The van der Waals surface area contributed by atoms with E-state index in [1.54, 1.807) is 6.92 Å². The smallest absolute Gasteiger partial charge is 0.326 e. The zero-order valence-corrected chi connectivity index (χ0v) is 17.9. The van der Waals surface area contributed by atoms with Crippen molar-refractivity contribution in [2.75, 3.05) is 12.3 Å². The summed E-state index contributed by atoms with van der Waals surface area (Å²) in [4.78, 5) is 37.3. The molecule has 0 aromatic rings. The number of aliphatic carboxylic acids is 1. The number of likely N-dealkylation sites (tertiary alicyclic amines) is 1. The second-order valence-electron chi connectivity index (χ2n) is 8.11. The molecule has 2 rings (SSSR count). The number of esters is 1. The number of amides is 1. The minimum atomic E-state index is -0.936. The first-order valence-corrected chi connectivity index (χ1v) is 11.2. The van der Waals surface area contributed by atoms with Gasteiger partial charge in [-0.1, -0.05) is 52.9 Å². The standard InChI is InChI=1S/C20H33NO6S/c1-4-18(23)26-20(13(2)3)27-28-12-17(22)21-11-15(10-16(21)19(24)25)14-8-6-5-7-9-14/h13-16,20H,4-12H2,1-3H3,(H,24,25)/t15-,16+,20-/m1/s1. The molecular weight excluding hydrogens is 382 g/mol. The van der Waals surface area contributed by atoms with E-state index in [2.05, 4.69) is 0 Å². The van der Waals surface area contributed by atoms with Crippen molar-refractivity contribution in [3.05, 3.63) is 0 Å². The molecule has 0 spiro atoms. The fourth-order valence-corrected chi connectivity index (χ4v) is 4.77. The van der Waals surface area contributed by atoms with Gasteiger partial charge in [-0.2, -0.15) is 0 Å². The Bertz CT molecular complexity index is 549. The van der Waals surface area contributed by atoms with Crippen molar-refractivity contribution in [1.82, 2.24) is 4.90 Å². The first-order valence-electron chi connectivity index (χ1n) is 10.3. The average molecular weight is 416 g/mol. The van der Waals surface area contributed by atoms with E-state index in [0.29, 0.717) is 18.9 Å². The van der Waals surface area contributed by atoms with Crippen LogP contribution in [-0.2, 0) is 23.3 Å². The lowest BCUT2D eigenvalue weighted by Gasteiger charge is -2.27. The van der Waals surface area contributed by atoms with Gasteiger partial charge >= 0.3 is 11.9 Å². The highest BCUT2D eigenvalue weighted by Crippen LogP contribution is 2.37. The molecular formula is C20H33NO6S. The molecule has 1 heterocycles. The van der Waals surface area contributed by atoms with Gasteiger partial charge < -0.3 is 14.7 Å². The molecule has 1 aliphatic heterocycles. The van der Waals surface area contributed by atoms with Crippen LogP contribution >= 0.6 is 12.0 Å². The maximum Gasteiger partial charge on any atom is 0.326 e. The summed E-state index contributed by atoms with van der Waals surface area (Å²) < 4.78 is 10.7. The Hall–Kier alpha value is -1.28. The quantitative estimate of drug-likeness (QED) is 0.350. The van der Waals surface area contributed by atoms with E-state index in [-0.39, 0.29) is 35.9 Å². The molecule has 0 unspecified atom stereocenters. The summed E-state index contributed by atoms with van der Waals surface area (Å²) in [6.45, 7) is 5.95. The second kappa shape index (κ2) is 11.0. The van der Waals surface area contributed by atoms with E-state index in [9.17, 15) is 19.5 Å². The minimum absolute atomic E-state index is 0.00800. The molecule has 2 fully saturated rings. The van der Waals surface area contributed by atoms with Crippen LogP contribution in [0.4, 0.5) is 0 Å². The van der Waals surface area contributed by atoms with Crippen LogP contribution in [0, 0.1) is 17.8 Å². The molecule has 0 radical (unpaired) electrons. The van der Waals surface area contributed by atoms with E-state index >= 15 is 0 Å². The van der Waals surface area contributed by atoms with Gasteiger partial charge in [-0.25, -0.2) is 4.79 Å². The summed E-state index contributed by atoms with van der Waals surface area (Å²) >= 11 is 0.926. The Kier molecular flexibility index (Phi) is 9.08. The van der Waals surface area contributed by atoms with E-state index in [0.717, 1.165) is 24.9 Å². The van der Waals surface area contributed by atoms with Crippen LogP contribution in [0.2, 0.25) is 0 Å². The van der Waals surface area contributed by atoms with Crippen LogP contribution in [0.25, 0.3) is 0 Å². The Balaban J connectivity index is 1.88. The number of nitrogens with zero attached hydrogens (tertiary/aromatic N) is 1. The van der Waals surface area contributed by atoms with Crippen molar-refractivity contribution in [3.63, 3.8) is 0 Å². The zero-order valence-electron chi connectivity index (χ0n) is 17.1. The SMILES string of the molecule is CCC(=O)O[C@H](OSCC(=O)N1C[C@H](C2CCCCC2)C[C@H]1C(=O)O)C(C)C. The molecule has 8 heteroatoms. The molecule has 3 atom stereocenters. The highest BCUT2D eigenvalue weighted by molar-refractivity contribution is 7.95. The molecule has 2 aliphatic rings. The van der Waals surface area contributed by atoms with Crippen LogP contribution in [0.1, 0.15) is 65.7 Å². The van der Waals surface area contributed by atoms with Gasteiger partial charge in [0.2, 0.25) is 12.2 Å². The summed E-state index contributed by atoms with van der Waals surface area (Å²) in [5.74, 6) is -0.775. The normalized spacial score (nSPS) is 24.4. The summed E-state index contributed by atoms with van der Waals surface area (Å²) in [7, 11) is 0. The topological polar surface area (TPSA) is 93.1 Å². The molecule has 7 nitrogen and oxygen atoms in total. The molecule has 1 amide bonds. The fraction of sp³-hybridized carbons (Fsp3) is 0.850. The van der Waals surface area contributed by atoms with E-state index < -0.39 is 18.3 Å². The minimum Gasteiger partial charge on any atom is -0.480 e. The van der Waals surface area contributed by atoms with Crippen molar-refractivity contribution in [2.45, 2.75) is 78.0 Å². The van der Waals surface area contributed by atoms with Gasteiger partial charge in [0.25, 0.3) is 0 Å². The van der Waals surface area contributed by atoms with Gasteiger partial charge in [-0.3, -0.25) is 13.8 Å². The van der Waals surface area contributed by atoms with Gasteiger partial charge in [-0.05, 0) is 18.3 Å². The number of ether oxygens (including phenoxy) is 1. The van der Waals surface area contributed by atoms with Crippen molar-refractivity contribution in [3.8, 4) is 0 Å². The predicted molar refractivity (Wildman–Crippen MR) is 106 cm³/mol. The monoisotopic (exact) mass is 415 g/mol. The molecule has 1 saturated heterocycles. The number of carboxylic acid groups (broad SMARTS) is 1. The third-order valence-electron chi connectivity index (χ3n) is 5.68. The van der Waals surface area contributed by atoms with Crippen molar-refractivity contribution in [1.29, 1.82) is 0 Å². The lowest BCUT2D eigenvalue weighted by molar-refractivity contribution is -0.167. The van der Waals surface area contributed by atoms with Gasteiger partial charge in [0.05, 0.1) is 5.75 Å². The number of carbonyl (C=O) groups is 3. The molecule has 1 aliphatic carbocycles. The molecule has 0 bridgehead atoms. The number of carboxylic acids is 1. The largest absolute Gasteiger partial charge is 0.480 e. The molecule has 1 saturated carbocycles. The van der Waals surface area contributed by atoms with Crippen LogP contribution in [0.3, 0.4) is 0 Å². The van der Waals surface area contributed by atoms with Crippen molar-refractivity contribution in [2.24, 2.45) is 17.8 Å². The first-order chi connectivity index (χ1) is 13.3. The molecule has 28 heavy (non-hydrogen) atoms. The third-order valence-corrected chi connectivity index (χ3v) is 6.37. The van der Waals surface area contributed by atoms with E-state index in [1.807, 2.05) is 13.8 Å². The fourth-order valence-electron chi connectivity index (χ4n) is 4.04. The summed E-state index contributed by atoms with van der Waals surface area (Å²) in [5, 5.41) is 9.57. The number of carbonyl (C=O) groups excluding carboxylic acids is 2. The summed E-state index contributed by atoms with van der Waals surface area (Å²) in [6.07, 6.45) is 5.99. The van der Waals surface area contributed by atoms with Crippen LogP contribution in [0.5, 0.6) is 0 Å². The van der Waals surface area contributed by atoms with Gasteiger partial charge in [-0.15, -0.1) is 0 Å². The van der Waals surface area contributed by atoms with Crippen LogP contribution in [-0.4, -0.2) is 52.5 Å². The Morgan fingerprint density at radius 1 is 1.14 bits per heavy atom. The van der Waals surface area contributed by atoms with Gasteiger partial charge in [0, 0.05) is 30.9 Å². The zero-order chi connectivity index (χ0) is 20.7. The lowest BCUT2D eigenvalue weighted by atomic mass is 9.79. The lowest BCUT2D eigenvalue weighted by Crippen LogP contribution is -2.41. The van der Waals surface area contributed by atoms with Gasteiger partial charge in [0.1, 0.15) is 6.04 Å². The molecule has 0 aromatic carbocycles. The summed E-state index contributed by atoms with van der Waals surface area (Å²) in [5.41, 5.74) is 0. The van der Waals surface area contributed by atoms with Crippen LogP contribution < -0.4 is 0 Å². The van der Waals surface area contributed by atoms with Crippen LogP contribution in [0.15, 0.2) is 0 Å². The Morgan fingerprint density at radius 3 is 2.39 bits per heavy atom. The third kappa shape index (κ3) is 6.37. The number of hydrogen-bond donors (Lipinski definition) is 1. The first kappa shape index (κ1) is 23.0. The van der Waals surface area contributed by atoms with E-state index in [1.165, 1.54) is 24.2 Å². The van der Waals surface area contributed by atoms with Gasteiger partial charge in [0.15, 0.2) is 0 Å². The molecule has 0 aromatic heterocycles. The summed E-state index contributed by atoms with van der Waals surface area (Å²) in [6, 6.07) is -0.751. The predicted octanol–water partition coefficient (Wildman–Crippen LogP) is 3.47. The maximum absolute atomic E-state index is 12.7. The number of hydrogen-bond acceptors (Lipinski definition) is 6. The molecule has 160 valence electrons. The Labute approximate surface area is 171 Å². The maximum atomic E-state index is 12.7. The van der Waals surface area contributed by atoms with Crippen molar-refractivity contribution < 1.29 is 28.4 Å². The average Bonchev–Trinajstić information content (AvgIpc) is 3.13.